The van der Waals surface area contributed by atoms with E-state index in [1.807, 2.05) is 54.8 Å². The summed E-state index contributed by atoms with van der Waals surface area (Å²) in [6.45, 7) is 3.78. The van der Waals surface area contributed by atoms with Crippen LogP contribution in [0, 0.1) is 6.92 Å². The predicted octanol–water partition coefficient (Wildman–Crippen LogP) is 4.43. The molecule has 0 aliphatic rings. The van der Waals surface area contributed by atoms with E-state index >= 15 is 0 Å². The van der Waals surface area contributed by atoms with Gasteiger partial charge in [-0.05, 0) is 54.8 Å². The summed E-state index contributed by atoms with van der Waals surface area (Å²) >= 11 is 0. The van der Waals surface area contributed by atoms with E-state index in [0.717, 1.165) is 28.2 Å². The maximum Gasteiger partial charge on any atom is 0.311 e. The maximum absolute atomic E-state index is 11.8. The van der Waals surface area contributed by atoms with Gasteiger partial charge in [0, 0.05) is 17.6 Å². The number of carbonyl (C=O) groups is 1. The van der Waals surface area contributed by atoms with Crippen molar-refractivity contribution < 1.29 is 18.3 Å². The predicted molar refractivity (Wildman–Crippen MR) is 110 cm³/mol. The van der Waals surface area contributed by atoms with E-state index in [4.69, 9.17) is 0 Å². The lowest BCUT2D eigenvalue weighted by atomic mass is 9.96. The Kier molecular flexibility index (Phi) is 5.42. The van der Waals surface area contributed by atoms with Crippen molar-refractivity contribution in [1.82, 2.24) is 4.57 Å². The highest BCUT2D eigenvalue weighted by molar-refractivity contribution is 7.90. The average Bonchev–Trinajstić information content (AvgIpc) is 2.99. The lowest BCUT2D eigenvalue weighted by molar-refractivity contribution is -0.138. The topological polar surface area (TPSA) is 76.4 Å². The molecule has 1 N–H and O–H groups in total. The number of aliphatic carboxylic acids is 1. The molecule has 146 valence electrons. The number of rotatable bonds is 6. The van der Waals surface area contributed by atoms with Crippen LogP contribution < -0.4 is 0 Å². The van der Waals surface area contributed by atoms with Crippen LogP contribution in [0.25, 0.3) is 16.9 Å². The highest BCUT2D eigenvalue weighted by atomic mass is 32.2. The first-order chi connectivity index (χ1) is 13.2. The second kappa shape index (κ2) is 7.64. The summed E-state index contributed by atoms with van der Waals surface area (Å²) in [5.74, 6) is -1.45. The number of nitrogens with zero attached hydrogens (tertiary/aromatic N) is 1. The standard InChI is InChI=1S/C22H23NO4S/c1-4-19(22(24)25)20-14-21(16-10-12-18(13-11-16)28(3,26)27)23(15(20)2)17-8-6-5-7-9-17/h5-14,19H,4H2,1-3H3,(H,24,25). The molecule has 28 heavy (non-hydrogen) atoms. The van der Waals surface area contributed by atoms with E-state index in [0.29, 0.717) is 6.42 Å². The first-order valence-corrected chi connectivity index (χ1v) is 10.9. The van der Waals surface area contributed by atoms with Crippen molar-refractivity contribution in [3.05, 3.63) is 71.9 Å². The zero-order valence-corrected chi connectivity index (χ0v) is 16.9. The third kappa shape index (κ3) is 3.73. The number of para-hydroxylation sites is 1. The third-order valence-electron chi connectivity index (χ3n) is 4.96. The molecule has 1 atom stereocenters. The maximum atomic E-state index is 11.8. The van der Waals surface area contributed by atoms with Crippen LogP contribution in [0.15, 0.2) is 65.6 Å². The van der Waals surface area contributed by atoms with Crippen LogP contribution in [0.1, 0.15) is 30.5 Å². The van der Waals surface area contributed by atoms with E-state index in [1.54, 1.807) is 24.3 Å². The van der Waals surface area contributed by atoms with Crippen LogP contribution >= 0.6 is 0 Å². The Morgan fingerprint density at radius 2 is 1.68 bits per heavy atom. The summed E-state index contributed by atoms with van der Waals surface area (Å²) < 4.78 is 25.5. The van der Waals surface area contributed by atoms with Crippen LogP contribution in [0.5, 0.6) is 0 Å². The molecule has 3 aromatic rings. The summed E-state index contributed by atoms with van der Waals surface area (Å²) in [4.78, 5) is 12.0. The average molecular weight is 397 g/mol. The second-order valence-corrected chi connectivity index (χ2v) is 8.85. The van der Waals surface area contributed by atoms with Crippen LogP contribution in [0.3, 0.4) is 0 Å². The Morgan fingerprint density at radius 3 is 2.18 bits per heavy atom. The molecule has 3 rings (SSSR count). The zero-order valence-electron chi connectivity index (χ0n) is 16.1. The Morgan fingerprint density at radius 1 is 1.07 bits per heavy atom. The van der Waals surface area contributed by atoms with Crippen molar-refractivity contribution in [3.8, 4) is 16.9 Å². The highest BCUT2D eigenvalue weighted by Crippen LogP contribution is 2.34. The summed E-state index contributed by atoms with van der Waals surface area (Å²) in [7, 11) is -3.28. The smallest absolute Gasteiger partial charge is 0.311 e. The summed E-state index contributed by atoms with van der Waals surface area (Å²) in [6.07, 6.45) is 1.66. The molecule has 0 bridgehead atoms. The molecule has 0 saturated heterocycles. The normalized spacial score (nSPS) is 12.7. The molecule has 6 heteroatoms. The zero-order chi connectivity index (χ0) is 20.5. The number of benzene rings is 2. The number of sulfone groups is 1. The van der Waals surface area contributed by atoms with Gasteiger partial charge in [-0.3, -0.25) is 4.79 Å². The van der Waals surface area contributed by atoms with E-state index in [-0.39, 0.29) is 4.90 Å². The largest absolute Gasteiger partial charge is 0.481 e. The quantitative estimate of drug-likeness (QED) is 0.667. The van der Waals surface area contributed by atoms with Gasteiger partial charge in [0.1, 0.15) is 0 Å². The minimum Gasteiger partial charge on any atom is -0.481 e. The van der Waals surface area contributed by atoms with Crippen LogP contribution in [-0.4, -0.2) is 30.3 Å². The SMILES string of the molecule is CCC(C(=O)O)c1cc(-c2ccc(S(C)(=O)=O)cc2)n(-c2ccccc2)c1C. The monoisotopic (exact) mass is 397 g/mol. The van der Waals surface area contributed by atoms with Crippen molar-refractivity contribution in [2.45, 2.75) is 31.1 Å². The van der Waals surface area contributed by atoms with E-state index in [9.17, 15) is 18.3 Å². The van der Waals surface area contributed by atoms with Crippen LogP contribution in [0.2, 0.25) is 0 Å². The lowest BCUT2D eigenvalue weighted by Gasteiger charge is -2.14. The molecule has 0 aliphatic carbocycles. The van der Waals surface area contributed by atoms with Crippen molar-refractivity contribution in [3.63, 3.8) is 0 Å². The van der Waals surface area contributed by atoms with Gasteiger partial charge in [0.15, 0.2) is 9.84 Å². The van der Waals surface area contributed by atoms with E-state index in [2.05, 4.69) is 0 Å². The third-order valence-corrected chi connectivity index (χ3v) is 6.09. The fourth-order valence-electron chi connectivity index (χ4n) is 3.50. The number of carboxylic acids is 1. The van der Waals surface area contributed by atoms with Crippen LogP contribution in [0.4, 0.5) is 0 Å². The molecule has 1 aromatic heterocycles. The number of aromatic nitrogens is 1. The Labute approximate surface area is 165 Å². The Hall–Kier alpha value is -2.86. The molecule has 0 radical (unpaired) electrons. The van der Waals surface area contributed by atoms with Gasteiger partial charge in [0.2, 0.25) is 0 Å². The number of carboxylic acid groups (broad SMARTS) is 1. The van der Waals surface area contributed by atoms with Crippen LogP contribution in [-0.2, 0) is 14.6 Å². The lowest BCUT2D eigenvalue weighted by Crippen LogP contribution is -2.11. The molecular weight excluding hydrogens is 374 g/mol. The van der Waals surface area contributed by atoms with Gasteiger partial charge in [0.05, 0.1) is 16.5 Å². The fourth-order valence-corrected chi connectivity index (χ4v) is 4.13. The molecule has 0 amide bonds. The molecular formula is C22H23NO4S. The molecule has 1 unspecified atom stereocenters. The van der Waals surface area contributed by atoms with Gasteiger partial charge in [0.25, 0.3) is 0 Å². The molecule has 0 fully saturated rings. The Bertz CT molecular complexity index is 1100. The first kappa shape index (κ1) is 19.9. The van der Waals surface area contributed by atoms with Gasteiger partial charge in [-0.1, -0.05) is 37.3 Å². The van der Waals surface area contributed by atoms with Crippen molar-refractivity contribution in [2.24, 2.45) is 0 Å². The molecule has 2 aromatic carbocycles. The molecule has 0 spiro atoms. The molecule has 0 aliphatic heterocycles. The molecule has 0 saturated carbocycles. The van der Waals surface area contributed by atoms with Crippen molar-refractivity contribution in [2.75, 3.05) is 6.26 Å². The van der Waals surface area contributed by atoms with Gasteiger partial charge in [-0.2, -0.15) is 0 Å². The number of hydrogen-bond donors (Lipinski definition) is 1. The molecule has 5 nitrogen and oxygen atoms in total. The van der Waals surface area contributed by atoms with Gasteiger partial charge < -0.3 is 9.67 Å². The summed E-state index contributed by atoms with van der Waals surface area (Å²) in [5, 5.41) is 9.64. The van der Waals surface area contributed by atoms with Crippen molar-refractivity contribution in [1.29, 1.82) is 0 Å². The van der Waals surface area contributed by atoms with Gasteiger partial charge in [-0.15, -0.1) is 0 Å². The summed E-state index contributed by atoms with van der Waals surface area (Å²) in [5.41, 5.74) is 4.21. The second-order valence-electron chi connectivity index (χ2n) is 6.84. The minimum atomic E-state index is -3.28. The minimum absolute atomic E-state index is 0.253. The van der Waals surface area contributed by atoms with Crippen molar-refractivity contribution >= 4 is 15.8 Å². The highest BCUT2D eigenvalue weighted by Gasteiger charge is 2.25. The van der Waals surface area contributed by atoms with Gasteiger partial charge >= 0.3 is 5.97 Å². The summed E-state index contributed by atoms with van der Waals surface area (Å²) in [6, 6.07) is 18.3. The fraction of sp³-hybridized carbons (Fsp3) is 0.227. The van der Waals surface area contributed by atoms with Gasteiger partial charge in [-0.25, -0.2) is 8.42 Å². The van der Waals surface area contributed by atoms with E-state index in [1.165, 1.54) is 6.26 Å². The Balaban J connectivity index is 2.23. The van der Waals surface area contributed by atoms with E-state index < -0.39 is 21.7 Å². The first-order valence-electron chi connectivity index (χ1n) is 9.05. The molecule has 1 heterocycles. The number of hydrogen-bond acceptors (Lipinski definition) is 3.